The molecule has 1 rings (SSSR count). The molecule has 1 aromatic carbocycles. The van der Waals surface area contributed by atoms with Crippen LogP contribution in [-0.2, 0) is 0 Å². The second kappa shape index (κ2) is 15.1. The van der Waals surface area contributed by atoms with E-state index >= 15 is 0 Å². The summed E-state index contributed by atoms with van der Waals surface area (Å²) in [6.45, 7) is 2.00. The summed E-state index contributed by atoms with van der Waals surface area (Å²) in [7, 11) is 0. The Bertz CT molecular complexity index is 476. The van der Waals surface area contributed by atoms with Crippen molar-refractivity contribution in [2.75, 3.05) is 47.9 Å². The summed E-state index contributed by atoms with van der Waals surface area (Å²) in [6, 6.07) is 7.36. The van der Waals surface area contributed by atoms with Crippen LogP contribution in [0, 0.1) is 0 Å². The topological polar surface area (TPSA) is 58.9 Å². The second-order valence-electron chi connectivity index (χ2n) is 5.60. The molecule has 0 aliphatic heterocycles. The van der Waals surface area contributed by atoms with Gasteiger partial charge in [-0.2, -0.15) is 35.3 Å². The van der Waals surface area contributed by atoms with Crippen LogP contribution in [0.4, 0.5) is 0 Å². The van der Waals surface area contributed by atoms with Crippen LogP contribution < -0.4 is 9.47 Å². The lowest BCUT2D eigenvalue weighted by Gasteiger charge is -2.21. The van der Waals surface area contributed by atoms with Crippen LogP contribution in [0.25, 0.3) is 0 Å². The maximum absolute atomic E-state index is 10.00. The Morgan fingerprint density at radius 1 is 1.00 bits per heavy atom. The van der Waals surface area contributed by atoms with Crippen LogP contribution in [0.15, 0.2) is 24.3 Å². The number of hydrogen-bond donors (Lipinski definition) is 2. The van der Waals surface area contributed by atoms with Gasteiger partial charge in [0.25, 0.3) is 0 Å². The summed E-state index contributed by atoms with van der Waals surface area (Å²) < 4.78 is 11.6. The standard InChI is InChI=1S/C18H30O4S4/c1-14(19)18(26-10-8-24-3)22-17-6-4-5-16(11-17)21-12-15(20)13-25-9-7-23-2/h4-6,11,14-15,18-20H,7-10,12-13H2,1-3H3. The van der Waals surface area contributed by atoms with E-state index in [0.29, 0.717) is 17.3 Å². The van der Waals surface area contributed by atoms with Crippen molar-refractivity contribution in [3.8, 4) is 11.5 Å². The molecule has 1 aromatic rings. The molecule has 150 valence electrons. The van der Waals surface area contributed by atoms with Crippen LogP contribution in [0.3, 0.4) is 0 Å². The minimum absolute atomic E-state index is 0.262. The van der Waals surface area contributed by atoms with Crippen molar-refractivity contribution in [2.24, 2.45) is 0 Å². The van der Waals surface area contributed by atoms with Crippen molar-refractivity contribution < 1.29 is 19.7 Å². The third-order valence-corrected chi connectivity index (χ3v) is 7.32. The molecule has 0 spiro atoms. The number of ether oxygens (including phenoxy) is 2. The molecule has 3 atom stereocenters. The number of rotatable bonds is 15. The van der Waals surface area contributed by atoms with Gasteiger partial charge in [-0.15, -0.1) is 11.8 Å². The predicted octanol–water partition coefficient (Wildman–Crippen LogP) is 3.70. The van der Waals surface area contributed by atoms with E-state index in [1.165, 1.54) is 0 Å². The minimum atomic E-state index is -0.563. The smallest absolute Gasteiger partial charge is 0.170 e. The zero-order chi connectivity index (χ0) is 19.2. The largest absolute Gasteiger partial charge is 0.491 e. The SMILES string of the molecule is CSCCSCC(O)COc1cccc(OC(SCCSC)C(C)O)c1. The Labute approximate surface area is 174 Å². The Morgan fingerprint density at radius 2 is 1.69 bits per heavy atom. The number of thioether (sulfide) groups is 4. The molecular formula is C18H30O4S4. The van der Waals surface area contributed by atoms with Gasteiger partial charge in [0.2, 0.25) is 0 Å². The Balaban J connectivity index is 2.45. The van der Waals surface area contributed by atoms with E-state index in [-0.39, 0.29) is 12.0 Å². The molecule has 3 unspecified atom stereocenters. The summed E-state index contributed by atoms with van der Waals surface area (Å²) in [4.78, 5) is 0. The number of benzene rings is 1. The quantitative estimate of drug-likeness (QED) is 0.317. The third-order valence-electron chi connectivity index (χ3n) is 3.21. The van der Waals surface area contributed by atoms with Crippen molar-refractivity contribution in [1.82, 2.24) is 0 Å². The highest BCUT2D eigenvalue weighted by Crippen LogP contribution is 2.25. The molecule has 0 aliphatic carbocycles. The molecule has 0 aromatic heterocycles. The summed E-state index contributed by atoms with van der Waals surface area (Å²) in [6.07, 6.45) is 3.10. The zero-order valence-electron chi connectivity index (χ0n) is 15.6. The molecule has 26 heavy (non-hydrogen) atoms. The minimum Gasteiger partial charge on any atom is -0.491 e. The van der Waals surface area contributed by atoms with Crippen LogP contribution >= 0.6 is 47.0 Å². The molecule has 2 N–H and O–H groups in total. The van der Waals surface area contributed by atoms with E-state index in [0.717, 1.165) is 23.0 Å². The molecule has 0 aliphatic rings. The van der Waals surface area contributed by atoms with Crippen LogP contribution in [0.1, 0.15) is 6.92 Å². The monoisotopic (exact) mass is 438 g/mol. The summed E-state index contributed by atoms with van der Waals surface area (Å²) >= 11 is 6.93. The number of hydrogen-bond acceptors (Lipinski definition) is 8. The molecule has 0 amide bonds. The molecule has 0 heterocycles. The highest BCUT2D eigenvalue weighted by atomic mass is 32.2. The molecular weight excluding hydrogens is 408 g/mol. The molecule has 4 nitrogen and oxygen atoms in total. The van der Waals surface area contributed by atoms with E-state index < -0.39 is 12.2 Å². The van der Waals surface area contributed by atoms with Crippen molar-refractivity contribution in [3.63, 3.8) is 0 Å². The second-order valence-corrected chi connectivity index (χ2v) is 9.93. The van der Waals surface area contributed by atoms with Gasteiger partial charge in [0.1, 0.15) is 18.1 Å². The van der Waals surface area contributed by atoms with E-state index in [2.05, 4.69) is 12.5 Å². The van der Waals surface area contributed by atoms with Crippen LogP contribution in [0.5, 0.6) is 11.5 Å². The fourth-order valence-electron chi connectivity index (χ4n) is 1.89. The first-order chi connectivity index (χ1) is 12.6. The van der Waals surface area contributed by atoms with Crippen LogP contribution in [-0.4, -0.2) is 75.7 Å². The van der Waals surface area contributed by atoms with Crippen molar-refractivity contribution >= 4 is 47.0 Å². The lowest BCUT2D eigenvalue weighted by molar-refractivity contribution is 0.101. The fraction of sp³-hybridized carbons (Fsp3) is 0.667. The van der Waals surface area contributed by atoms with E-state index in [4.69, 9.17) is 9.47 Å². The van der Waals surface area contributed by atoms with Crippen molar-refractivity contribution in [1.29, 1.82) is 0 Å². The van der Waals surface area contributed by atoms with Crippen molar-refractivity contribution in [3.05, 3.63) is 24.3 Å². The van der Waals surface area contributed by atoms with E-state index in [1.54, 1.807) is 48.3 Å². The highest BCUT2D eigenvalue weighted by Gasteiger charge is 2.17. The fourth-order valence-corrected chi connectivity index (χ4v) is 5.31. The molecule has 0 bridgehead atoms. The molecule has 0 saturated heterocycles. The highest BCUT2D eigenvalue weighted by molar-refractivity contribution is 8.03. The first-order valence-corrected chi connectivity index (χ1v) is 13.5. The summed E-state index contributed by atoms with van der Waals surface area (Å²) in [5.41, 5.74) is -0.309. The lowest BCUT2D eigenvalue weighted by Crippen LogP contribution is -2.26. The van der Waals surface area contributed by atoms with Gasteiger partial charge in [-0.25, -0.2) is 0 Å². The average molecular weight is 439 g/mol. The Hall–Kier alpha value is 0.140. The zero-order valence-corrected chi connectivity index (χ0v) is 18.9. The van der Waals surface area contributed by atoms with Gasteiger partial charge in [-0.3, -0.25) is 0 Å². The molecule has 0 fully saturated rings. The predicted molar refractivity (Wildman–Crippen MR) is 121 cm³/mol. The normalized spacial score (nSPS) is 14.7. The van der Waals surface area contributed by atoms with Gasteiger partial charge in [-0.1, -0.05) is 6.07 Å². The van der Waals surface area contributed by atoms with Gasteiger partial charge in [0, 0.05) is 34.8 Å². The van der Waals surface area contributed by atoms with Crippen molar-refractivity contribution in [2.45, 2.75) is 24.6 Å². The first-order valence-electron chi connectivity index (χ1n) is 8.49. The molecule has 0 saturated carbocycles. The molecule has 8 heteroatoms. The van der Waals surface area contributed by atoms with Gasteiger partial charge in [-0.05, 0) is 31.6 Å². The number of aliphatic hydroxyl groups is 2. The average Bonchev–Trinajstić information content (AvgIpc) is 2.63. The van der Waals surface area contributed by atoms with E-state index in [1.807, 2.05) is 30.0 Å². The lowest BCUT2D eigenvalue weighted by atomic mass is 10.3. The molecule has 0 radical (unpaired) electrons. The van der Waals surface area contributed by atoms with Gasteiger partial charge in [0.05, 0.1) is 12.2 Å². The van der Waals surface area contributed by atoms with Crippen LogP contribution in [0.2, 0.25) is 0 Å². The third kappa shape index (κ3) is 11.1. The van der Waals surface area contributed by atoms with Gasteiger partial charge < -0.3 is 19.7 Å². The Kier molecular flexibility index (Phi) is 14.0. The van der Waals surface area contributed by atoms with E-state index in [9.17, 15) is 10.2 Å². The van der Waals surface area contributed by atoms with Gasteiger partial charge in [0.15, 0.2) is 5.44 Å². The summed E-state index contributed by atoms with van der Waals surface area (Å²) in [5, 5.41) is 19.9. The van der Waals surface area contributed by atoms with Gasteiger partial charge >= 0.3 is 0 Å². The number of aliphatic hydroxyl groups excluding tert-OH is 2. The Morgan fingerprint density at radius 3 is 2.38 bits per heavy atom. The maximum atomic E-state index is 10.00. The first kappa shape index (κ1) is 24.2. The summed E-state index contributed by atoms with van der Waals surface area (Å²) in [5.74, 6) is 6.07. The maximum Gasteiger partial charge on any atom is 0.170 e.